The van der Waals surface area contributed by atoms with Crippen molar-refractivity contribution in [3.8, 4) is 5.75 Å². The van der Waals surface area contributed by atoms with Gasteiger partial charge in [-0.05, 0) is 43.0 Å². The maximum atomic E-state index is 9.20. The Hall–Kier alpha value is -1.02. The third-order valence-electron chi connectivity index (χ3n) is 3.05. The molecule has 0 radical (unpaired) electrons. The lowest BCUT2D eigenvalue weighted by atomic mass is 9.83. The standard InChI is InChI=1S/C14H23NO/c1-14(2,3)13(15-4)10-7-11-5-8-12(16)9-6-11/h5-6,8-9,13,15-16H,7,10H2,1-4H3. The van der Waals surface area contributed by atoms with E-state index in [1.807, 2.05) is 19.2 Å². The van der Waals surface area contributed by atoms with Crippen molar-refractivity contribution in [1.29, 1.82) is 0 Å². The fraction of sp³-hybridized carbons (Fsp3) is 0.571. The zero-order chi connectivity index (χ0) is 12.2. The molecule has 1 rings (SSSR count). The number of rotatable bonds is 4. The maximum absolute atomic E-state index is 9.20. The summed E-state index contributed by atoms with van der Waals surface area (Å²) >= 11 is 0. The number of aryl methyl sites for hydroxylation is 1. The van der Waals surface area contributed by atoms with Crippen LogP contribution in [-0.4, -0.2) is 18.2 Å². The molecule has 0 fully saturated rings. The minimum Gasteiger partial charge on any atom is -0.508 e. The van der Waals surface area contributed by atoms with Gasteiger partial charge in [0.05, 0.1) is 0 Å². The Kier molecular flexibility index (Phi) is 4.36. The van der Waals surface area contributed by atoms with E-state index in [2.05, 4.69) is 26.1 Å². The molecule has 1 aromatic rings. The molecular formula is C14H23NO. The summed E-state index contributed by atoms with van der Waals surface area (Å²) in [4.78, 5) is 0. The second-order valence-corrected chi connectivity index (χ2v) is 5.41. The van der Waals surface area contributed by atoms with Crippen LogP contribution < -0.4 is 5.32 Å². The first-order chi connectivity index (χ1) is 7.43. The van der Waals surface area contributed by atoms with Gasteiger partial charge in [-0.25, -0.2) is 0 Å². The SMILES string of the molecule is CNC(CCc1ccc(O)cc1)C(C)(C)C. The average molecular weight is 221 g/mol. The number of phenols is 1. The summed E-state index contributed by atoms with van der Waals surface area (Å²) in [6.07, 6.45) is 2.16. The lowest BCUT2D eigenvalue weighted by Gasteiger charge is -2.30. The van der Waals surface area contributed by atoms with Crippen molar-refractivity contribution < 1.29 is 5.11 Å². The van der Waals surface area contributed by atoms with E-state index in [0.717, 1.165) is 12.8 Å². The van der Waals surface area contributed by atoms with E-state index >= 15 is 0 Å². The minimum atomic E-state index is 0.283. The molecule has 0 saturated carbocycles. The van der Waals surface area contributed by atoms with E-state index in [1.165, 1.54) is 5.56 Å². The van der Waals surface area contributed by atoms with Gasteiger partial charge >= 0.3 is 0 Å². The molecule has 0 heterocycles. The second-order valence-electron chi connectivity index (χ2n) is 5.41. The number of phenolic OH excluding ortho intramolecular Hbond substituents is 1. The van der Waals surface area contributed by atoms with Crippen LogP contribution in [0.2, 0.25) is 0 Å². The van der Waals surface area contributed by atoms with Gasteiger partial charge in [0.1, 0.15) is 5.75 Å². The van der Waals surface area contributed by atoms with E-state index in [4.69, 9.17) is 0 Å². The zero-order valence-electron chi connectivity index (χ0n) is 10.7. The van der Waals surface area contributed by atoms with Gasteiger partial charge in [0.2, 0.25) is 0 Å². The van der Waals surface area contributed by atoms with Gasteiger partial charge in [0.15, 0.2) is 0 Å². The van der Waals surface area contributed by atoms with Crippen molar-refractivity contribution in [3.05, 3.63) is 29.8 Å². The third-order valence-corrected chi connectivity index (χ3v) is 3.05. The van der Waals surface area contributed by atoms with Crippen LogP contribution in [0.25, 0.3) is 0 Å². The Morgan fingerprint density at radius 3 is 2.19 bits per heavy atom. The highest BCUT2D eigenvalue weighted by atomic mass is 16.3. The van der Waals surface area contributed by atoms with E-state index < -0.39 is 0 Å². The van der Waals surface area contributed by atoms with Crippen molar-refractivity contribution in [1.82, 2.24) is 5.32 Å². The molecule has 0 amide bonds. The van der Waals surface area contributed by atoms with Crippen LogP contribution in [0.5, 0.6) is 5.75 Å². The molecule has 16 heavy (non-hydrogen) atoms. The first kappa shape index (κ1) is 13.0. The van der Waals surface area contributed by atoms with Gasteiger partial charge in [0, 0.05) is 6.04 Å². The van der Waals surface area contributed by atoms with Gasteiger partial charge in [-0.15, -0.1) is 0 Å². The predicted molar refractivity (Wildman–Crippen MR) is 68.7 cm³/mol. The van der Waals surface area contributed by atoms with Crippen LogP contribution in [0.3, 0.4) is 0 Å². The highest BCUT2D eigenvalue weighted by molar-refractivity contribution is 5.25. The topological polar surface area (TPSA) is 32.3 Å². The van der Waals surface area contributed by atoms with Crippen LogP contribution in [0.1, 0.15) is 32.8 Å². The Morgan fingerprint density at radius 2 is 1.75 bits per heavy atom. The highest BCUT2D eigenvalue weighted by Gasteiger charge is 2.22. The molecule has 2 N–H and O–H groups in total. The highest BCUT2D eigenvalue weighted by Crippen LogP contribution is 2.23. The minimum absolute atomic E-state index is 0.283. The molecule has 1 aromatic carbocycles. The average Bonchev–Trinajstić information content (AvgIpc) is 2.19. The number of hydrogen-bond acceptors (Lipinski definition) is 2. The van der Waals surface area contributed by atoms with Crippen molar-refractivity contribution in [2.75, 3.05) is 7.05 Å². The van der Waals surface area contributed by atoms with Gasteiger partial charge in [-0.3, -0.25) is 0 Å². The number of benzene rings is 1. The van der Waals surface area contributed by atoms with Crippen LogP contribution in [0.15, 0.2) is 24.3 Å². The van der Waals surface area contributed by atoms with E-state index in [-0.39, 0.29) is 5.41 Å². The van der Waals surface area contributed by atoms with Crippen LogP contribution in [0.4, 0.5) is 0 Å². The van der Waals surface area contributed by atoms with Crippen LogP contribution in [-0.2, 0) is 6.42 Å². The third kappa shape index (κ3) is 3.86. The number of nitrogens with one attached hydrogen (secondary N) is 1. The summed E-state index contributed by atoms with van der Waals surface area (Å²) in [6.45, 7) is 6.76. The molecule has 0 aliphatic heterocycles. The summed E-state index contributed by atoms with van der Waals surface area (Å²) in [5.74, 6) is 0.338. The first-order valence-electron chi connectivity index (χ1n) is 5.88. The van der Waals surface area contributed by atoms with Crippen LogP contribution in [0, 0.1) is 5.41 Å². The normalized spacial score (nSPS) is 13.8. The van der Waals surface area contributed by atoms with Crippen molar-refractivity contribution in [2.24, 2.45) is 5.41 Å². The molecule has 0 saturated heterocycles. The molecule has 0 aliphatic rings. The summed E-state index contributed by atoms with van der Waals surface area (Å²) < 4.78 is 0. The molecule has 0 aromatic heterocycles. The summed E-state index contributed by atoms with van der Waals surface area (Å²) in [5.41, 5.74) is 1.56. The molecule has 2 nitrogen and oxygen atoms in total. The fourth-order valence-corrected chi connectivity index (χ4v) is 1.98. The van der Waals surface area contributed by atoms with E-state index in [0.29, 0.717) is 11.8 Å². The number of aromatic hydroxyl groups is 1. The largest absolute Gasteiger partial charge is 0.508 e. The maximum Gasteiger partial charge on any atom is 0.115 e. The van der Waals surface area contributed by atoms with Crippen molar-refractivity contribution in [3.63, 3.8) is 0 Å². The van der Waals surface area contributed by atoms with Crippen molar-refractivity contribution in [2.45, 2.75) is 39.7 Å². The summed E-state index contributed by atoms with van der Waals surface area (Å²) in [6, 6.07) is 8.00. The predicted octanol–water partition coefficient (Wildman–Crippen LogP) is 2.96. The number of hydrogen-bond donors (Lipinski definition) is 2. The van der Waals surface area contributed by atoms with Gasteiger partial charge < -0.3 is 10.4 Å². The molecule has 1 atom stereocenters. The molecule has 0 spiro atoms. The molecule has 90 valence electrons. The summed E-state index contributed by atoms with van der Waals surface area (Å²) in [7, 11) is 2.02. The second kappa shape index (κ2) is 5.35. The Morgan fingerprint density at radius 1 is 1.19 bits per heavy atom. The van der Waals surface area contributed by atoms with E-state index in [9.17, 15) is 5.11 Å². The quantitative estimate of drug-likeness (QED) is 0.819. The van der Waals surface area contributed by atoms with Crippen molar-refractivity contribution >= 4 is 0 Å². The zero-order valence-corrected chi connectivity index (χ0v) is 10.7. The Labute approximate surface area is 98.7 Å². The lowest BCUT2D eigenvalue weighted by Crippen LogP contribution is -2.38. The first-order valence-corrected chi connectivity index (χ1v) is 5.88. The summed E-state index contributed by atoms with van der Waals surface area (Å²) in [5, 5.41) is 12.6. The fourth-order valence-electron chi connectivity index (χ4n) is 1.98. The Balaban J connectivity index is 2.53. The van der Waals surface area contributed by atoms with Gasteiger partial charge in [-0.1, -0.05) is 32.9 Å². The monoisotopic (exact) mass is 221 g/mol. The molecule has 0 bridgehead atoms. The Bertz CT molecular complexity index is 311. The van der Waals surface area contributed by atoms with Gasteiger partial charge in [0.25, 0.3) is 0 Å². The lowest BCUT2D eigenvalue weighted by molar-refractivity contribution is 0.268. The molecule has 0 aliphatic carbocycles. The molecule has 2 heteroatoms. The van der Waals surface area contributed by atoms with E-state index in [1.54, 1.807) is 12.1 Å². The van der Waals surface area contributed by atoms with Gasteiger partial charge in [-0.2, -0.15) is 0 Å². The molecular weight excluding hydrogens is 198 g/mol. The molecule has 1 unspecified atom stereocenters. The van der Waals surface area contributed by atoms with Crippen LogP contribution >= 0.6 is 0 Å². The smallest absolute Gasteiger partial charge is 0.115 e.